The van der Waals surface area contributed by atoms with Gasteiger partial charge >= 0.3 is 0 Å². The summed E-state index contributed by atoms with van der Waals surface area (Å²) in [7, 11) is 0. The van der Waals surface area contributed by atoms with Crippen LogP contribution in [-0.4, -0.2) is 35.4 Å². The van der Waals surface area contributed by atoms with Gasteiger partial charge in [-0.05, 0) is 50.3 Å². The molecule has 1 amide bonds. The Morgan fingerprint density at radius 2 is 2.23 bits per heavy atom. The molecule has 1 aliphatic rings. The third-order valence-corrected chi connectivity index (χ3v) is 3.96. The molecule has 0 saturated carbocycles. The number of halogens is 1. The zero-order valence-electron chi connectivity index (χ0n) is 12.7. The predicted molar refractivity (Wildman–Crippen MR) is 87.4 cm³/mol. The second kappa shape index (κ2) is 8.10. The van der Waals surface area contributed by atoms with E-state index in [1.54, 1.807) is 17.0 Å². The van der Waals surface area contributed by atoms with Crippen molar-refractivity contribution < 1.29 is 9.72 Å². The van der Waals surface area contributed by atoms with Crippen LogP contribution in [0, 0.1) is 23.0 Å². The number of benzene rings is 1. The van der Waals surface area contributed by atoms with Gasteiger partial charge in [0.1, 0.15) is 5.56 Å². The number of rotatable bonds is 4. The van der Waals surface area contributed by atoms with Crippen molar-refractivity contribution in [2.75, 3.05) is 19.6 Å². The number of aryl methyl sites for hydroxylation is 1. The molecule has 1 atom stereocenters. The van der Waals surface area contributed by atoms with E-state index in [1.807, 2.05) is 6.92 Å². The molecule has 1 unspecified atom stereocenters. The van der Waals surface area contributed by atoms with Gasteiger partial charge in [0.05, 0.1) is 4.92 Å². The highest BCUT2D eigenvalue weighted by atomic mass is 35.5. The van der Waals surface area contributed by atoms with Gasteiger partial charge in [0, 0.05) is 19.2 Å². The highest BCUT2D eigenvalue weighted by molar-refractivity contribution is 5.98. The Hall–Kier alpha value is -1.66. The van der Waals surface area contributed by atoms with Gasteiger partial charge in [-0.25, -0.2) is 0 Å². The fourth-order valence-electron chi connectivity index (χ4n) is 2.87. The van der Waals surface area contributed by atoms with Crippen LogP contribution in [0.3, 0.4) is 0 Å². The van der Waals surface area contributed by atoms with Gasteiger partial charge < -0.3 is 10.6 Å². The first kappa shape index (κ1) is 18.4. The number of nitrogens with zero attached hydrogens (tertiary/aromatic N) is 2. The monoisotopic (exact) mass is 327 g/mol. The number of carbonyl (C=O) groups is 1. The zero-order valence-corrected chi connectivity index (χ0v) is 13.5. The van der Waals surface area contributed by atoms with Gasteiger partial charge in [0.25, 0.3) is 11.6 Å². The standard InChI is InChI=1S/C15H21N3O3.ClH/c1-11-4-5-14(18(20)21)13(9-11)15(19)17-8-2-3-12(10-17)6-7-16;/h4-5,9,12H,2-3,6-8,10,16H2,1H3;1H. The molecule has 1 aliphatic heterocycles. The van der Waals surface area contributed by atoms with Gasteiger partial charge in [-0.1, -0.05) is 6.07 Å². The summed E-state index contributed by atoms with van der Waals surface area (Å²) in [5.74, 6) is 0.156. The van der Waals surface area contributed by atoms with Crippen LogP contribution in [0.5, 0.6) is 0 Å². The van der Waals surface area contributed by atoms with E-state index in [4.69, 9.17) is 5.73 Å². The lowest BCUT2D eigenvalue weighted by Crippen LogP contribution is -2.40. The van der Waals surface area contributed by atoms with Crippen LogP contribution in [0.25, 0.3) is 0 Å². The van der Waals surface area contributed by atoms with Crippen molar-refractivity contribution >= 4 is 24.0 Å². The number of hydrogen-bond acceptors (Lipinski definition) is 4. The molecule has 0 spiro atoms. The Labute approximate surface area is 136 Å². The average molecular weight is 328 g/mol. The fraction of sp³-hybridized carbons (Fsp3) is 0.533. The molecule has 22 heavy (non-hydrogen) atoms. The minimum absolute atomic E-state index is 0. The van der Waals surface area contributed by atoms with Crippen molar-refractivity contribution in [2.24, 2.45) is 11.7 Å². The SMILES string of the molecule is Cc1ccc([N+](=O)[O-])c(C(=O)N2CCCC(CCN)C2)c1.Cl. The molecule has 7 heteroatoms. The Bertz CT molecular complexity index is 549. The topological polar surface area (TPSA) is 89.5 Å². The highest BCUT2D eigenvalue weighted by Crippen LogP contribution is 2.25. The lowest BCUT2D eigenvalue weighted by Gasteiger charge is -2.32. The van der Waals surface area contributed by atoms with Crippen LogP contribution in [0.4, 0.5) is 5.69 Å². The van der Waals surface area contributed by atoms with Gasteiger partial charge in [0.2, 0.25) is 0 Å². The molecule has 0 radical (unpaired) electrons. The first-order valence-electron chi connectivity index (χ1n) is 7.27. The Balaban J connectivity index is 0.00000242. The summed E-state index contributed by atoms with van der Waals surface area (Å²) in [6.45, 7) is 3.73. The lowest BCUT2D eigenvalue weighted by atomic mass is 9.94. The van der Waals surface area contributed by atoms with Gasteiger partial charge in [0.15, 0.2) is 0 Å². The summed E-state index contributed by atoms with van der Waals surface area (Å²) >= 11 is 0. The summed E-state index contributed by atoms with van der Waals surface area (Å²) in [5.41, 5.74) is 6.50. The van der Waals surface area contributed by atoms with Crippen molar-refractivity contribution in [3.63, 3.8) is 0 Å². The van der Waals surface area contributed by atoms with E-state index in [2.05, 4.69) is 0 Å². The van der Waals surface area contributed by atoms with Gasteiger partial charge in [-0.3, -0.25) is 14.9 Å². The first-order chi connectivity index (χ1) is 10.0. The number of carbonyl (C=O) groups excluding carboxylic acids is 1. The van der Waals surface area contributed by atoms with E-state index < -0.39 is 4.92 Å². The maximum Gasteiger partial charge on any atom is 0.282 e. The number of nitrogens with two attached hydrogens (primary N) is 1. The van der Waals surface area contributed by atoms with Crippen LogP contribution in [0.2, 0.25) is 0 Å². The van der Waals surface area contributed by atoms with E-state index in [1.165, 1.54) is 6.07 Å². The number of likely N-dealkylation sites (tertiary alicyclic amines) is 1. The predicted octanol–water partition coefficient (Wildman–Crippen LogP) is 2.53. The van der Waals surface area contributed by atoms with Crippen molar-refractivity contribution in [3.05, 3.63) is 39.4 Å². The minimum atomic E-state index is -0.492. The molecule has 1 aromatic rings. The molecule has 1 saturated heterocycles. The number of hydrogen-bond donors (Lipinski definition) is 1. The van der Waals surface area contributed by atoms with Crippen LogP contribution in [-0.2, 0) is 0 Å². The number of amides is 1. The molecular formula is C15H22ClN3O3. The molecule has 0 bridgehead atoms. The molecule has 2 N–H and O–H groups in total. The molecule has 1 heterocycles. The normalized spacial score (nSPS) is 17.7. The molecule has 1 aromatic carbocycles. The maximum absolute atomic E-state index is 12.6. The van der Waals surface area contributed by atoms with E-state index in [9.17, 15) is 14.9 Å². The third-order valence-electron chi connectivity index (χ3n) is 3.96. The van der Waals surface area contributed by atoms with E-state index >= 15 is 0 Å². The summed E-state index contributed by atoms with van der Waals surface area (Å²) in [6.07, 6.45) is 2.88. The van der Waals surface area contributed by atoms with Crippen molar-refractivity contribution in [1.82, 2.24) is 4.90 Å². The highest BCUT2D eigenvalue weighted by Gasteiger charge is 2.28. The molecule has 1 fully saturated rings. The van der Waals surface area contributed by atoms with E-state index in [0.29, 0.717) is 25.6 Å². The van der Waals surface area contributed by atoms with Gasteiger partial charge in [-0.15, -0.1) is 12.4 Å². The molecule has 2 rings (SSSR count). The average Bonchev–Trinajstić information content (AvgIpc) is 2.46. The summed E-state index contributed by atoms with van der Waals surface area (Å²) < 4.78 is 0. The molecule has 0 aromatic heterocycles. The van der Waals surface area contributed by atoms with Crippen molar-refractivity contribution in [3.8, 4) is 0 Å². The quantitative estimate of drug-likeness (QED) is 0.679. The minimum Gasteiger partial charge on any atom is -0.338 e. The third kappa shape index (κ3) is 4.18. The molecule has 6 nitrogen and oxygen atoms in total. The smallest absolute Gasteiger partial charge is 0.282 e. The Morgan fingerprint density at radius 1 is 1.50 bits per heavy atom. The number of nitro groups is 1. The lowest BCUT2D eigenvalue weighted by molar-refractivity contribution is -0.385. The summed E-state index contributed by atoms with van der Waals surface area (Å²) in [6, 6.07) is 4.67. The first-order valence-corrected chi connectivity index (χ1v) is 7.27. The number of nitro benzene ring substituents is 1. The van der Waals surface area contributed by atoms with Crippen LogP contribution >= 0.6 is 12.4 Å². The Kier molecular flexibility index (Phi) is 6.77. The zero-order chi connectivity index (χ0) is 15.4. The Morgan fingerprint density at radius 3 is 2.86 bits per heavy atom. The summed E-state index contributed by atoms with van der Waals surface area (Å²) in [4.78, 5) is 25.0. The van der Waals surface area contributed by atoms with Crippen LogP contribution in [0.15, 0.2) is 18.2 Å². The number of piperidine rings is 1. The molecule has 0 aliphatic carbocycles. The second-order valence-electron chi connectivity index (χ2n) is 5.61. The van der Waals surface area contributed by atoms with E-state index in [-0.39, 0.29) is 29.6 Å². The fourth-order valence-corrected chi connectivity index (χ4v) is 2.87. The van der Waals surface area contributed by atoms with Crippen LogP contribution < -0.4 is 5.73 Å². The summed E-state index contributed by atoms with van der Waals surface area (Å²) in [5, 5.41) is 11.1. The van der Waals surface area contributed by atoms with Crippen molar-refractivity contribution in [2.45, 2.75) is 26.2 Å². The maximum atomic E-state index is 12.6. The van der Waals surface area contributed by atoms with Crippen LogP contribution in [0.1, 0.15) is 35.2 Å². The molecule has 122 valence electrons. The molecular weight excluding hydrogens is 306 g/mol. The van der Waals surface area contributed by atoms with E-state index in [0.717, 1.165) is 24.8 Å². The van der Waals surface area contributed by atoms with Crippen molar-refractivity contribution in [1.29, 1.82) is 0 Å². The largest absolute Gasteiger partial charge is 0.338 e. The second-order valence-corrected chi connectivity index (χ2v) is 5.61. The van der Waals surface area contributed by atoms with Gasteiger partial charge in [-0.2, -0.15) is 0 Å².